The number of nitrogens with zero attached hydrogens (tertiary/aromatic N) is 2. The van der Waals surface area contributed by atoms with Crippen molar-refractivity contribution < 1.29 is 9.59 Å². The molecule has 7 nitrogen and oxygen atoms in total. The van der Waals surface area contributed by atoms with Crippen molar-refractivity contribution in [2.45, 2.75) is 30.7 Å². The van der Waals surface area contributed by atoms with E-state index in [1.54, 1.807) is 11.1 Å². The molecule has 2 aliphatic heterocycles. The number of anilines is 1. The molecule has 1 unspecified atom stereocenters. The molecule has 3 aromatic rings. The lowest BCUT2D eigenvalue weighted by molar-refractivity contribution is -0.122. The lowest BCUT2D eigenvalue weighted by Crippen LogP contribution is -2.51. The number of halogens is 1. The molecule has 8 heteroatoms. The number of rotatable bonds is 3. The second kappa shape index (κ2) is 6.30. The van der Waals surface area contributed by atoms with Gasteiger partial charge in [-0.05, 0) is 55.0 Å². The zero-order valence-electron chi connectivity index (χ0n) is 16.2. The van der Waals surface area contributed by atoms with Crippen LogP contribution in [0.1, 0.15) is 30.7 Å². The van der Waals surface area contributed by atoms with Gasteiger partial charge in [-0.1, -0.05) is 23.7 Å². The number of fused-ring (bicyclic) bond motifs is 1. The maximum absolute atomic E-state index is 12.7. The van der Waals surface area contributed by atoms with E-state index in [0.717, 1.165) is 22.2 Å². The number of carbonyl (C=O) groups excluding carboxylic acids is 2. The summed E-state index contributed by atoms with van der Waals surface area (Å²) < 4.78 is 0. The van der Waals surface area contributed by atoms with Gasteiger partial charge >= 0.3 is 6.03 Å². The van der Waals surface area contributed by atoms with Gasteiger partial charge in [-0.2, -0.15) is 0 Å². The summed E-state index contributed by atoms with van der Waals surface area (Å²) >= 11 is 6.86. The van der Waals surface area contributed by atoms with Crippen LogP contribution in [0.3, 0.4) is 0 Å². The van der Waals surface area contributed by atoms with Crippen molar-refractivity contribution in [1.29, 1.82) is 0 Å². The maximum atomic E-state index is 12.7. The van der Waals surface area contributed by atoms with E-state index in [1.807, 2.05) is 30.5 Å². The van der Waals surface area contributed by atoms with Crippen molar-refractivity contribution in [1.82, 2.24) is 20.6 Å². The zero-order chi connectivity index (χ0) is 20.5. The van der Waals surface area contributed by atoms with Crippen molar-refractivity contribution in [3.8, 4) is 11.1 Å². The topological polar surface area (TPSA) is 90.1 Å². The molecule has 3 aliphatic rings. The zero-order valence-corrected chi connectivity index (χ0v) is 16.9. The van der Waals surface area contributed by atoms with Gasteiger partial charge in [-0.15, -0.1) is 0 Å². The van der Waals surface area contributed by atoms with E-state index >= 15 is 0 Å². The first-order chi connectivity index (χ1) is 14.6. The molecule has 152 valence electrons. The molecule has 3 N–H and O–H groups in total. The van der Waals surface area contributed by atoms with Crippen LogP contribution < -0.4 is 15.5 Å². The van der Waals surface area contributed by atoms with Gasteiger partial charge < -0.3 is 10.3 Å². The average molecular weight is 422 g/mol. The fourth-order valence-electron chi connectivity index (χ4n) is 4.80. The van der Waals surface area contributed by atoms with Crippen molar-refractivity contribution in [2.24, 2.45) is 0 Å². The Bertz CT molecular complexity index is 1210. The maximum Gasteiger partial charge on any atom is 0.329 e. The Morgan fingerprint density at radius 2 is 2.10 bits per heavy atom. The molecule has 0 bridgehead atoms. The Morgan fingerprint density at radius 3 is 2.87 bits per heavy atom. The van der Waals surface area contributed by atoms with E-state index < -0.39 is 5.54 Å². The third kappa shape index (κ3) is 2.45. The second-order valence-electron chi connectivity index (χ2n) is 8.33. The number of hydrogen-bond donors (Lipinski definition) is 3. The van der Waals surface area contributed by atoms with Crippen molar-refractivity contribution >= 4 is 40.3 Å². The van der Waals surface area contributed by atoms with Crippen LogP contribution in [0.4, 0.5) is 10.5 Å². The largest absolute Gasteiger partial charge is 0.346 e. The highest BCUT2D eigenvalue weighted by molar-refractivity contribution is 6.38. The van der Waals surface area contributed by atoms with Gasteiger partial charge in [0.25, 0.3) is 5.91 Å². The Balaban J connectivity index is 1.46. The number of urea groups is 1. The molecule has 2 aromatic heterocycles. The highest BCUT2D eigenvalue weighted by atomic mass is 35.5. The predicted octanol–water partition coefficient (Wildman–Crippen LogP) is 3.55. The minimum Gasteiger partial charge on any atom is -0.346 e. The summed E-state index contributed by atoms with van der Waals surface area (Å²) in [5.74, 6) is 0.305. The predicted molar refractivity (Wildman–Crippen MR) is 115 cm³/mol. The van der Waals surface area contributed by atoms with Gasteiger partial charge in [0.1, 0.15) is 11.2 Å². The first-order valence-corrected chi connectivity index (χ1v) is 10.6. The summed E-state index contributed by atoms with van der Waals surface area (Å²) in [6.45, 7) is 1.14. The molecule has 1 saturated carbocycles. The van der Waals surface area contributed by atoms with E-state index in [0.29, 0.717) is 36.1 Å². The molecule has 1 atom stereocenters. The lowest BCUT2D eigenvalue weighted by Gasteiger charge is -2.31. The van der Waals surface area contributed by atoms with Gasteiger partial charge in [0.15, 0.2) is 0 Å². The Morgan fingerprint density at radius 1 is 1.23 bits per heavy atom. The molecule has 0 radical (unpaired) electrons. The van der Waals surface area contributed by atoms with E-state index in [-0.39, 0.29) is 11.9 Å². The molecule has 6 rings (SSSR count). The number of imide groups is 1. The average Bonchev–Trinajstić information content (AvgIpc) is 3.19. The first kappa shape index (κ1) is 17.9. The fraction of sp³-hybridized carbons (Fsp3) is 0.318. The lowest BCUT2D eigenvalue weighted by atomic mass is 9.95. The number of carbonyl (C=O) groups is 2. The number of aromatic nitrogens is 2. The standard InChI is InChI=1S/C22H20ClN5O2/c23-18-16(10-26-19-17(18)15(9-25-19)12-4-5-12)13-2-1-3-14(8-13)28-21(30)27-20(29)22(28)6-7-24-11-22/h1-3,8-10,12,24H,4-7,11H2,(H,25,26)(H,27,29,30). The summed E-state index contributed by atoms with van der Waals surface area (Å²) in [7, 11) is 0. The number of nitrogens with one attached hydrogen (secondary N) is 3. The summed E-state index contributed by atoms with van der Waals surface area (Å²) in [4.78, 5) is 34.6. The van der Waals surface area contributed by atoms with Crippen molar-refractivity contribution in [3.05, 3.63) is 47.2 Å². The Labute approximate surface area is 177 Å². The number of amides is 3. The SMILES string of the molecule is O=C1NC(=O)C2(CCNC2)N1c1cccc(-c2cnc3[nH]cc(C4CC4)c3c2Cl)c1. The molecule has 1 aromatic carbocycles. The van der Waals surface area contributed by atoms with Crippen LogP contribution in [-0.2, 0) is 4.79 Å². The molecule has 1 spiro atoms. The highest BCUT2D eigenvalue weighted by Gasteiger charge is 2.55. The van der Waals surface area contributed by atoms with Crippen LogP contribution in [-0.4, -0.2) is 40.5 Å². The second-order valence-corrected chi connectivity index (χ2v) is 8.71. The third-order valence-corrected chi connectivity index (χ3v) is 6.90. The minimum absolute atomic E-state index is 0.245. The van der Waals surface area contributed by atoms with Crippen LogP contribution >= 0.6 is 11.6 Å². The van der Waals surface area contributed by atoms with Gasteiger partial charge in [0, 0.05) is 35.6 Å². The molecular weight excluding hydrogens is 402 g/mol. The van der Waals surface area contributed by atoms with E-state index in [1.165, 1.54) is 18.4 Å². The number of hydrogen-bond acceptors (Lipinski definition) is 4. The van der Waals surface area contributed by atoms with Crippen molar-refractivity contribution in [2.75, 3.05) is 18.0 Å². The van der Waals surface area contributed by atoms with Crippen LogP contribution in [0.25, 0.3) is 22.2 Å². The number of benzene rings is 1. The molecule has 4 heterocycles. The number of pyridine rings is 1. The molecule has 3 fully saturated rings. The van der Waals surface area contributed by atoms with Crippen LogP contribution in [0.5, 0.6) is 0 Å². The molecule has 2 saturated heterocycles. The Hall–Kier alpha value is -2.90. The smallest absolute Gasteiger partial charge is 0.329 e. The van der Waals surface area contributed by atoms with Crippen LogP contribution in [0.15, 0.2) is 36.7 Å². The molecular formula is C22H20ClN5O2. The molecule has 1 aliphatic carbocycles. The van der Waals surface area contributed by atoms with Gasteiger partial charge in [0.2, 0.25) is 0 Å². The van der Waals surface area contributed by atoms with E-state index in [2.05, 4.69) is 20.6 Å². The molecule has 3 amide bonds. The quantitative estimate of drug-likeness (QED) is 0.564. The fourth-order valence-corrected chi connectivity index (χ4v) is 5.16. The summed E-state index contributed by atoms with van der Waals surface area (Å²) in [5, 5.41) is 7.34. The van der Waals surface area contributed by atoms with Crippen LogP contribution in [0, 0.1) is 0 Å². The summed E-state index contributed by atoms with van der Waals surface area (Å²) in [6, 6.07) is 7.22. The number of aromatic amines is 1. The number of H-pyrrole nitrogens is 1. The van der Waals surface area contributed by atoms with Gasteiger partial charge in [-0.25, -0.2) is 9.78 Å². The van der Waals surface area contributed by atoms with Crippen LogP contribution in [0.2, 0.25) is 5.02 Å². The minimum atomic E-state index is -0.874. The summed E-state index contributed by atoms with van der Waals surface area (Å²) in [6.07, 6.45) is 6.71. The monoisotopic (exact) mass is 421 g/mol. The normalized spacial score (nSPS) is 23.7. The van der Waals surface area contributed by atoms with E-state index in [9.17, 15) is 9.59 Å². The Kier molecular flexibility index (Phi) is 3.76. The van der Waals surface area contributed by atoms with Crippen molar-refractivity contribution in [3.63, 3.8) is 0 Å². The van der Waals surface area contributed by atoms with E-state index in [4.69, 9.17) is 11.6 Å². The first-order valence-electron chi connectivity index (χ1n) is 10.2. The molecule has 30 heavy (non-hydrogen) atoms. The highest BCUT2D eigenvalue weighted by Crippen LogP contribution is 2.46. The third-order valence-electron chi connectivity index (χ3n) is 6.51. The van der Waals surface area contributed by atoms with Gasteiger partial charge in [0.05, 0.1) is 5.02 Å². The van der Waals surface area contributed by atoms with Gasteiger partial charge in [-0.3, -0.25) is 15.0 Å². The summed E-state index contributed by atoms with van der Waals surface area (Å²) in [5.41, 5.74) is 3.50.